The van der Waals surface area contributed by atoms with Crippen molar-refractivity contribution in [3.63, 3.8) is 0 Å². The molecule has 0 saturated heterocycles. The summed E-state index contributed by atoms with van der Waals surface area (Å²) in [7, 11) is 0. The second-order valence-corrected chi connectivity index (χ2v) is 5.71. The third-order valence-corrected chi connectivity index (χ3v) is 3.49. The number of nitrogens with zero attached hydrogens (tertiary/aromatic N) is 2. The van der Waals surface area contributed by atoms with Gasteiger partial charge in [-0.3, -0.25) is 0 Å². The SMILES string of the molecule is CC1(Nc2cc(Br)nc(C3CC3)n2)CC1. The third-order valence-electron chi connectivity index (χ3n) is 3.08. The standard InChI is InChI=1S/C11H14BrN3/c1-11(4-5-11)15-9-6-8(12)13-10(14-9)7-2-3-7/h6-7H,2-5H2,1H3,(H,13,14,15). The van der Waals surface area contributed by atoms with Crippen LogP contribution < -0.4 is 5.32 Å². The van der Waals surface area contributed by atoms with E-state index in [1.807, 2.05) is 6.07 Å². The van der Waals surface area contributed by atoms with E-state index < -0.39 is 0 Å². The molecular weight excluding hydrogens is 254 g/mol. The molecule has 1 heterocycles. The minimum Gasteiger partial charge on any atom is -0.365 e. The van der Waals surface area contributed by atoms with Gasteiger partial charge in [-0.1, -0.05) is 0 Å². The molecule has 0 amide bonds. The molecular formula is C11H14BrN3. The molecule has 0 atom stereocenters. The van der Waals surface area contributed by atoms with E-state index >= 15 is 0 Å². The predicted octanol–water partition coefficient (Wildman–Crippen LogP) is 3.08. The fourth-order valence-corrected chi connectivity index (χ4v) is 2.04. The molecule has 0 radical (unpaired) electrons. The zero-order valence-corrected chi connectivity index (χ0v) is 10.3. The Balaban J connectivity index is 1.86. The maximum Gasteiger partial charge on any atom is 0.135 e. The summed E-state index contributed by atoms with van der Waals surface area (Å²) in [6, 6.07) is 1.97. The summed E-state index contributed by atoms with van der Waals surface area (Å²) in [4.78, 5) is 8.98. The zero-order chi connectivity index (χ0) is 10.5. The molecule has 4 heteroatoms. The molecule has 0 bridgehead atoms. The van der Waals surface area contributed by atoms with Gasteiger partial charge in [0.05, 0.1) is 0 Å². The van der Waals surface area contributed by atoms with E-state index in [1.54, 1.807) is 0 Å². The van der Waals surface area contributed by atoms with Crippen LogP contribution in [0.4, 0.5) is 5.82 Å². The van der Waals surface area contributed by atoms with E-state index in [1.165, 1.54) is 25.7 Å². The fraction of sp³-hybridized carbons (Fsp3) is 0.636. The third kappa shape index (κ3) is 2.14. The van der Waals surface area contributed by atoms with Crippen LogP contribution in [0.1, 0.15) is 44.3 Å². The van der Waals surface area contributed by atoms with E-state index in [-0.39, 0.29) is 5.54 Å². The van der Waals surface area contributed by atoms with Crippen molar-refractivity contribution in [1.82, 2.24) is 9.97 Å². The van der Waals surface area contributed by atoms with E-state index in [0.717, 1.165) is 16.2 Å². The first-order chi connectivity index (χ1) is 7.15. The Morgan fingerprint density at radius 1 is 1.40 bits per heavy atom. The van der Waals surface area contributed by atoms with E-state index in [9.17, 15) is 0 Å². The highest BCUT2D eigenvalue weighted by molar-refractivity contribution is 9.10. The number of nitrogens with one attached hydrogen (secondary N) is 1. The highest BCUT2D eigenvalue weighted by Gasteiger charge is 2.37. The summed E-state index contributed by atoms with van der Waals surface area (Å²) in [5.74, 6) is 2.57. The van der Waals surface area contributed by atoms with Gasteiger partial charge in [-0.05, 0) is 48.5 Å². The van der Waals surface area contributed by atoms with Gasteiger partial charge in [-0.2, -0.15) is 0 Å². The molecule has 80 valence electrons. The normalized spacial score (nSPS) is 22.5. The van der Waals surface area contributed by atoms with Crippen LogP contribution in [0.25, 0.3) is 0 Å². The van der Waals surface area contributed by atoms with Gasteiger partial charge in [-0.15, -0.1) is 0 Å². The van der Waals surface area contributed by atoms with Crippen molar-refractivity contribution in [2.75, 3.05) is 5.32 Å². The molecule has 3 rings (SSSR count). The molecule has 3 nitrogen and oxygen atoms in total. The lowest BCUT2D eigenvalue weighted by atomic mass is 10.3. The molecule has 1 aromatic heterocycles. The molecule has 15 heavy (non-hydrogen) atoms. The van der Waals surface area contributed by atoms with Crippen LogP contribution in [0.5, 0.6) is 0 Å². The van der Waals surface area contributed by atoms with Crippen molar-refractivity contribution in [3.05, 3.63) is 16.5 Å². The lowest BCUT2D eigenvalue weighted by Crippen LogP contribution is -2.17. The monoisotopic (exact) mass is 267 g/mol. The van der Waals surface area contributed by atoms with Gasteiger partial charge >= 0.3 is 0 Å². The molecule has 0 aliphatic heterocycles. The van der Waals surface area contributed by atoms with Gasteiger partial charge in [0.1, 0.15) is 16.2 Å². The van der Waals surface area contributed by atoms with Crippen LogP contribution in [0.2, 0.25) is 0 Å². The van der Waals surface area contributed by atoms with Gasteiger partial charge in [-0.25, -0.2) is 9.97 Å². The minimum absolute atomic E-state index is 0.286. The molecule has 0 aromatic carbocycles. The second-order valence-electron chi connectivity index (χ2n) is 4.89. The molecule has 1 aromatic rings. The Morgan fingerprint density at radius 2 is 2.13 bits per heavy atom. The Morgan fingerprint density at radius 3 is 2.73 bits per heavy atom. The maximum absolute atomic E-state index is 4.57. The first kappa shape index (κ1) is 9.58. The summed E-state index contributed by atoms with van der Waals surface area (Å²) < 4.78 is 0.895. The number of hydrogen-bond donors (Lipinski definition) is 1. The summed E-state index contributed by atoms with van der Waals surface area (Å²) >= 11 is 3.45. The first-order valence-corrected chi connectivity index (χ1v) is 6.27. The van der Waals surface area contributed by atoms with Crippen molar-refractivity contribution < 1.29 is 0 Å². The number of hydrogen-bond acceptors (Lipinski definition) is 3. The number of rotatable bonds is 3. The van der Waals surface area contributed by atoms with E-state index in [2.05, 4.69) is 38.1 Å². The average molecular weight is 268 g/mol. The van der Waals surface area contributed by atoms with Gasteiger partial charge < -0.3 is 5.32 Å². The Hall–Kier alpha value is -0.640. The zero-order valence-electron chi connectivity index (χ0n) is 8.76. The smallest absolute Gasteiger partial charge is 0.135 e. The number of aromatic nitrogens is 2. The van der Waals surface area contributed by atoms with Crippen molar-refractivity contribution in [3.8, 4) is 0 Å². The number of halogens is 1. The predicted molar refractivity (Wildman–Crippen MR) is 63.0 cm³/mol. The average Bonchev–Trinajstić information content (AvgIpc) is 2.99. The highest BCUT2D eigenvalue weighted by Crippen LogP contribution is 2.41. The fourth-order valence-electron chi connectivity index (χ4n) is 1.65. The molecule has 1 N–H and O–H groups in total. The summed E-state index contributed by atoms with van der Waals surface area (Å²) in [5.41, 5.74) is 0.286. The largest absolute Gasteiger partial charge is 0.365 e. The molecule has 0 unspecified atom stereocenters. The van der Waals surface area contributed by atoms with Crippen LogP contribution in [0, 0.1) is 0 Å². The molecule has 2 fully saturated rings. The van der Waals surface area contributed by atoms with Gasteiger partial charge in [0.25, 0.3) is 0 Å². The summed E-state index contributed by atoms with van der Waals surface area (Å²) in [6.45, 7) is 2.24. The van der Waals surface area contributed by atoms with Crippen LogP contribution in [-0.4, -0.2) is 15.5 Å². The van der Waals surface area contributed by atoms with Crippen LogP contribution >= 0.6 is 15.9 Å². The van der Waals surface area contributed by atoms with Crippen molar-refractivity contribution in [2.24, 2.45) is 0 Å². The van der Waals surface area contributed by atoms with E-state index in [0.29, 0.717) is 5.92 Å². The van der Waals surface area contributed by atoms with Crippen LogP contribution in [-0.2, 0) is 0 Å². The second kappa shape index (κ2) is 3.17. The summed E-state index contributed by atoms with van der Waals surface area (Å²) in [5, 5.41) is 3.48. The molecule has 2 aliphatic carbocycles. The highest BCUT2D eigenvalue weighted by atomic mass is 79.9. The molecule has 0 spiro atoms. The first-order valence-electron chi connectivity index (χ1n) is 5.47. The quantitative estimate of drug-likeness (QED) is 0.856. The molecule has 2 saturated carbocycles. The Labute approximate surface area is 97.8 Å². The van der Waals surface area contributed by atoms with Crippen molar-refractivity contribution in [1.29, 1.82) is 0 Å². The van der Waals surface area contributed by atoms with E-state index in [4.69, 9.17) is 0 Å². The van der Waals surface area contributed by atoms with Gasteiger partial charge in [0.15, 0.2) is 0 Å². The molecule has 2 aliphatic rings. The van der Waals surface area contributed by atoms with Crippen LogP contribution in [0.15, 0.2) is 10.7 Å². The summed E-state index contributed by atoms with van der Waals surface area (Å²) in [6.07, 6.45) is 4.97. The van der Waals surface area contributed by atoms with Gasteiger partial charge in [0.2, 0.25) is 0 Å². The maximum atomic E-state index is 4.57. The van der Waals surface area contributed by atoms with Crippen molar-refractivity contribution in [2.45, 2.75) is 44.1 Å². The van der Waals surface area contributed by atoms with Gasteiger partial charge in [0, 0.05) is 17.5 Å². The Kier molecular flexibility index (Phi) is 2.03. The number of anilines is 1. The lowest BCUT2D eigenvalue weighted by molar-refractivity contribution is 0.808. The topological polar surface area (TPSA) is 37.8 Å². The lowest BCUT2D eigenvalue weighted by Gasteiger charge is -2.13. The minimum atomic E-state index is 0.286. The van der Waals surface area contributed by atoms with Crippen LogP contribution in [0.3, 0.4) is 0 Å². The van der Waals surface area contributed by atoms with Crippen molar-refractivity contribution >= 4 is 21.7 Å². The Bertz CT molecular complexity index is 397.